The van der Waals surface area contributed by atoms with Gasteiger partial charge in [-0.15, -0.1) is 11.3 Å². The zero-order valence-corrected chi connectivity index (χ0v) is 9.36. The van der Waals surface area contributed by atoms with E-state index in [1.165, 1.54) is 11.8 Å². The van der Waals surface area contributed by atoms with Crippen LogP contribution in [0.4, 0.5) is 5.95 Å². The Morgan fingerprint density at radius 1 is 1.43 bits per heavy atom. The third-order valence-electron chi connectivity index (χ3n) is 1.39. The lowest BCUT2D eigenvalue weighted by Gasteiger charge is -1.99. The molecule has 6 heteroatoms. The van der Waals surface area contributed by atoms with Gasteiger partial charge in [0.25, 0.3) is 0 Å². The first-order chi connectivity index (χ1) is 6.74. The maximum absolute atomic E-state index is 5.75. The molecule has 0 aliphatic rings. The minimum absolute atomic E-state index is 0.205. The third kappa shape index (κ3) is 2.37. The molecular weight excluding hydrogens is 238 g/mol. The number of rotatable bonds is 2. The van der Waals surface area contributed by atoms with Gasteiger partial charge in [-0.25, -0.2) is 9.97 Å². The average Bonchev–Trinajstić information content (AvgIpc) is 2.54. The molecule has 0 aliphatic heterocycles. The number of anilines is 1. The lowest BCUT2D eigenvalue weighted by molar-refractivity contribution is 1.07. The molecule has 2 aromatic heterocycles. The van der Waals surface area contributed by atoms with Crippen molar-refractivity contribution < 1.29 is 0 Å². The fraction of sp³-hybridized carbons (Fsp3) is 0. The molecule has 0 unspecified atom stereocenters. The fourth-order valence-electron chi connectivity index (χ4n) is 0.891. The van der Waals surface area contributed by atoms with Crippen LogP contribution in [0.2, 0.25) is 5.15 Å². The molecule has 0 fully saturated rings. The van der Waals surface area contributed by atoms with Crippen LogP contribution < -0.4 is 5.73 Å². The Balaban J connectivity index is 2.25. The maximum Gasteiger partial charge on any atom is 0.222 e. The summed E-state index contributed by atoms with van der Waals surface area (Å²) in [6, 6.07) is 5.70. The summed E-state index contributed by atoms with van der Waals surface area (Å²) in [5.41, 5.74) is 5.47. The Morgan fingerprint density at radius 2 is 2.29 bits per heavy atom. The van der Waals surface area contributed by atoms with Crippen molar-refractivity contribution in [2.24, 2.45) is 0 Å². The van der Waals surface area contributed by atoms with Gasteiger partial charge in [0.15, 0.2) is 0 Å². The summed E-state index contributed by atoms with van der Waals surface area (Å²) in [5.74, 6) is 0.205. The van der Waals surface area contributed by atoms with Gasteiger partial charge < -0.3 is 5.73 Å². The molecule has 0 saturated carbocycles. The molecule has 2 heterocycles. The molecule has 0 saturated heterocycles. The van der Waals surface area contributed by atoms with Crippen LogP contribution in [0.25, 0.3) is 0 Å². The first-order valence-electron chi connectivity index (χ1n) is 3.75. The van der Waals surface area contributed by atoms with Crippen LogP contribution in [-0.2, 0) is 0 Å². The van der Waals surface area contributed by atoms with Gasteiger partial charge in [-0.2, -0.15) is 0 Å². The van der Waals surface area contributed by atoms with Crippen LogP contribution in [0.15, 0.2) is 32.8 Å². The molecule has 0 aliphatic carbocycles. The van der Waals surface area contributed by atoms with E-state index in [0.29, 0.717) is 5.15 Å². The Bertz CT molecular complexity index is 410. The van der Waals surface area contributed by atoms with E-state index in [1.807, 2.05) is 17.5 Å². The Morgan fingerprint density at radius 3 is 2.93 bits per heavy atom. The number of nitrogens with two attached hydrogens (primary N) is 1. The van der Waals surface area contributed by atoms with Gasteiger partial charge in [-0.05, 0) is 11.4 Å². The number of hydrogen-bond acceptors (Lipinski definition) is 5. The lowest BCUT2D eigenvalue weighted by atomic mass is 10.7. The van der Waals surface area contributed by atoms with Crippen LogP contribution in [0.3, 0.4) is 0 Å². The van der Waals surface area contributed by atoms with Gasteiger partial charge in [0.1, 0.15) is 10.2 Å². The summed E-state index contributed by atoms with van der Waals surface area (Å²) in [7, 11) is 0. The minimum atomic E-state index is 0.205. The van der Waals surface area contributed by atoms with Crippen LogP contribution in [0.5, 0.6) is 0 Å². The predicted octanol–water partition coefficient (Wildman–Crippen LogP) is 2.92. The van der Waals surface area contributed by atoms with Crippen molar-refractivity contribution in [1.82, 2.24) is 9.97 Å². The SMILES string of the molecule is Nc1nc(Cl)cc(Sc2cccs2)n1. The number of nitrogens with zero attached hydrogens (tertiary/aromatic N) is 2. The van der Waals surface area contributed by atoms with E-state index < -0.39 is 0 Å². The van der Waals surface area contributed by atoms with Crippen LogP contribution in [-0.4, -0.2) is 9.97 Å². The topological polar surface area (TPSA) is 51.8 Å². The van der Waals surface area contributed by atoms with E-state index in [0.717, 1.165) is 9.24 Å². The van der Waals surface area contributed by atoms with Crippen molar-refractivity contribution in [3.05, 3.63) is 28.7 Å². The molecule has 0 spiro atoms. The van der Waals surface area contributed by atoms with Crippen molar-refractivity contribution in [2.45, 2.75) is 9.24 Å². The van der Waals surface area contributed by atoms with Crippen molar-refractivity contribution in [3.63, 3.8) is 0 Å². The average molecular weight is 244 g/mol. The van der Waals surface area contributed by atoms with Crippen molar-refractivity contribution in [1.29, 1.82) is 0 Å². The van der Waals surface area contributed by atoms with Crippen LogP contribution >= 0.6 is 34.7 Å². The third-order valence-corrected chi connectivity index (χ3v) is 3.54. The monoisotopic (exact) mass is 243 g/mol. The quantitative estimate of drug-likeness (QED) is 0.824. The fourth-order valence-corrected chi connectivity index (χ4v) is 2.87. The minimum Gasteiger partial charge on any atom is -0.368 e. The summed E-state index contributed by atoms with van der Waals surface area (Å²) in [6.45, 7) is 0. The standard InChI is InChI=1S/C8H6ClN3S2/c9-5-4-6(12-8(10)11-5)14-7-2-1-3-13-7/h1-4H,(H2,10,11,12). The van der Waals surface area contributed by atoms with E-state index in [9.17, 15) is 0 Å². The lowest BCUT2D eigenvalue weighted by Crippen LogP contribution is -1.95. The normalized spacial score (nSPS) is 10.4. The predicted molar refractivity (Wildman–Crippen MR) is 59.9 cm³/mol. The Hall–Kier alpha value is -0.780. The van der Waals surface area contributed by atoms with Crippen molar-refractivity contribution in [3.8, 4) is 0 Å². The van der Waals surface area contributed by atoms with Crippen LogP contribution in [0, 0.1) is 0 Å². The first-order valence-corrected chi connectivity index (χ1v) is 5.83. The molecule has 2 rings (SSSR count). The molecular formula is C8H6ClN3S2. The van der Waals surface area contributed by atoms with E-state index in [4.69, 9.17) is 17.3 Å². The molecule has 2 aromatic rings. The zero-order valence-electron chi connectivity index (χ0n) is 6.98. The van der Waals surface area contributed by atoms with Gasteiger partial charge in [0.2, 0.25) is 5.95 Å². The molecule has 0 amide bonds. The van der Waals surface area contributed by atoms with E-state index in [2.05, 4.69) is 9.97 Å². The maximum atomic E-state index is 5.75. The second-order valence-corrected chi connectivity index (χ2v) is 5.08. The molecule has 72 valence electrons. The Labute approximate surface area is 94.3 Å². The molecule has 0 aromatic carbocycles. The number of nitrogen functional groups attached to an aromatic ring is 1. The number of halogens is 1. The molecule has 0 radical (unpaired) electrons. The second kappa shape index (κ2) is 4.16. The van der Waals surface area contributed by atoms with Crippen LogP contribution in [0.1, 0.15) is 0 Å². The first kappa shape index (κ1) is 9.76. The molecule has 2 N–H and O–H groups in total. The summed E-state index contributed by atoms with van der Waals surface area (Å²) < 4.78 is 1.15. The Kier molecular flexibility index (Phi) is 2.90. The highest BCUT2D eigenvalue weighted by atomic mass is 35.5. The molecule has 0 atom stereocenters. The van der Waals surface area contributed by atoms with Crippen molar-refractivity contribution >= 4 is 40.6 Å². The second-order valence-electron chi connectivity index (χ2n) is 2.42. The number of aromatic nitrogens is 2. The highest BCUT2D eigenvalue weighted by molar-refractivity contribution is 8.01. The van der Waals surface area contributed by atoms with Gasteiger partial charge in [-0.1, -0.05) is 29.4 Å². The van der Waals surface area contributed by atoms with Crippen molar-refractivity contribution in [2.75, 3.05) is 5.73 Å². The number of hydrogen-bond donors (Lipinski definition) is 1. The largest absolute Gasteiger partial charge is 0.368 e. The number of thiophene rings is 1. The van der Waals surface area contributed by atoms with Gasteiger partial charge in [-0.3, -0.25) is 0 Å². The van der Waals surface area contributed by atoms with E-state index in [1.54, 1.807) is 17.4 Å². The molecule has 3 nitrogen and oxygen atoms in total. The summed E-state index contributed by atoms with van der Waals surface area (Å²) in [6.07, 6.45) is 0. The van der Waals surface area contributed by atoms with Gasteiger partial charge >= 0.3 is 0 Å². The highest BCUT2D eigenvalue weighted by Crippen LogP contribution is 2.30. The zero-order chi connectivity index (χ0) is 9.97. The highest BCUT2D eigenvalue weighted by Gasteiger charge is 2.03. The molecule has 0 bridgehead atoms. The summed E-state index contributed by atoms with van der Waals surface area (Å²) >= 11 is 8.92. The smallest absolute Gasteiger partial charge is 0.222 e. The molecule has 14 heavy (non-hydrogen) atoms. The van der Waals surface area contributed by atoms with E-state index in [-0.39, 0.29) is 5.95 Å². The van der Waals surface area contributed by atoms with E-state index >= 15 is 0 Å². The summed E-state index contributed by atoms with van der Waals surface area (Å²) in [5, 5.41) is 3.15. The van der Waals surface area contributed by atoms with Gasteiger partial charge in [0.05, 0.1) is 4.21 Å². The summed E-state index contributed by atoms with van der Waals surface area (Å²) in [4.78, 5) is 7.85. The van der Waals surface area contributed by atoms with Gasteiger partial charge in [0, 0.05) is 6.07 Å².